The maximum Gasteiger partial charge on any atom is 0.416 e. The molecule has 2 aromatic carbocycles. The number of alkyl halides is 3. The molecule has 46 heavy (non-hydrogen) atoms. The lowest BCUT2D eigenvalue weighted by atomic mass is 9.89. The Labute approximate surface area is 268 Å². The van der Waals surface area contributed by atoms with Crippen molar-refractivity contribution in [2.24, 2.45) is 0 Å². The SMILES string of the molecule is COC(=O)C1=C(C)N(c2cccc(C(F)(F)F)c2)c2n[nH]c(=O)n2C1c1ccc(C#N)cc1CC[N+](C)(C)Cc1coc(C)n1.[Cl-]. The number of hydrogen-bond acceptors (Lipinski definition) is 8. The number of allylic oxidation sites excluding steroid dienone is 1. The van der Waals surface area contributed by atoms with Crippen LogP contribution >= 0.6 is 0 Å². The van der Waals surface area contributed by atoms with Gasteiger partial charge in [0, 0.05) is 24.7 Å². The fourth-order valence-electron chi connectivity index (χ4n) is 5.66. The highest BCUT2D eigenvalue weighted by Gasteiger charge is 2.41. The van der Waals surface area contributed by atoms with Crippen LogP contribution in [0.25, 0.3) is 0 Å². The number of carbonyl (C=O) groups excluding carboxylic acids is 1. The zero-order chi connectivity index (χ0) is 32.7. The molecule has 0 radical (unpaired) electrons. The van der Waals surface area contributed by atoms with E-state index in [1.807, 2.05) is 14.1 Å². The Balaban J connectivity index is 0.00000480. The van der Waals surface area contributed by atoms with Crippen molar-refractivity contribution >= 4 is 17.6 Å². The zero-order valence-corrected chi connectivity index (χ0v) is 26.4. The first-order valence-corrected chi connectivity index (χ1v) is 13.9. The van der Waals surface area contributed by atoms with Crippen LogP contribution in [0.4, 0.5) is 24.8 Å². The van der Waals surface area contributed by atoms with Crippen LogP contribution in [0.15, 0.2) is 69.2 Å². The second kappa shape index (κ2) is 12.9. The number of aromatic amines is 1. The van der Waals surface area contributed by atoms with Crippen LogP contribution < -0.4 is 23.0 Å². The molecule has 3 heterocycles. The van der Waals surface area contributed by atoms with Crippen molar-refractivity contribution in [3.8, 4) is 6.07 Å². The van der Waals surface area contributed by atoms with E-state index in [0.29, 0.717) is 46.6 Å². The number of likely N-dealkylation sites (N-methyl/N-ethyl adjacent to an activating group) is 1. The summed E-state index contributed by atoms with van der Waals surface area (Å²) in [6, 6.07) is 10.6. The van der Waals surface area contributed by atoms with Crippen molar-refractivity contribution in [3.05, 3.63) is 104 Å². The lowest BCUT2D eigenvalue weighted by Crippen LogP contribution is -3.00. The van der Waals surface area contributed by atoms with Crippen molar-refractivity contribution in [2.75, 3.05) is 32.6 Å². The minimum Gasteiger partial charge on any atom is -1.00 e. The normalized spacial score (nSPS) is 14.8. The van der Waals surface area contributed by atoms with Gasteiger partial charge in [-0.2, -0.15) is 18.4 Å². The van der Waals surface area contributed by atoms with Gasteiger partial charge in [-0.3, -0.25) is 4.90 Å². The van der Waals surface area contributed by atoms with Gasteiger partial charge in [-0.1, -0.05) is 12.1 Å². The maximum atomic E-state index is 13.6. The Morgan fingerprint density at radius 1 is 1.20 bits per heavy atom. The highest BCUT2D eigenvalue weighted by molar-refractivity contribution is 5.93. The van der Waals surface area contributed by atoms with Gasteiger partial charge in [-0.15, -0.1) is 5.10 Å². The summed E-state index contributed by atoms with van der Waals surface area (Å²) in [4.78, 5) is 32.5. The van der Waals surface area contributed by atoms with Crippen molar-refractivity contribution in [3.63, 3.8) is 0 Å². The molecule has 4 aromatic rings. The predicted octanol–water partition coefficient (Wildman–Crippen LogP) is 1.77. The Morgan fingerprint density at radius 2 is 1.93 bits per heavy atom. The number of halogens is 4. The third-order valence-corrected chi connectivity index (χ3v) is 7.79. The number of esters is 1. The Bertz CT molecular complexity index is 1900. The fraction of sp³-hybridized carbons (Fsp3) is 0.323. The van der Waals surface area contributed by atoms with Gasteiger partial charge in [-0.25, -0.2) is 24.2 Å². The number of quaternary nitrogens is 1. The molecule has 0 saturated heterocycles. The lowest BCUT2D eigenvalue weighted by molar-refractivity contribution is -0.903. The van der Waals surface area contributed by atoms with Crippen LogP contribution in [-0.4, -0.2) is 58.0 Å². The second-order valence-electron chi connectivity index (χ2n) is 11.4. The molecule has 2 aromatic heterocycles. The van der Waals surface area contributed by atoms with Gasteiger partial charge in [0.2, 0.25) is 5.95 Å². The summed E-state index contributed by atoms with van der Waals surface area (Å²) in [6.45, 7) is 4.48. The standard InChI is InChI=1S/C31H30F3N7O4.ClH/c1-18-26(28(42)44-5)27(40-29(37-38-30(40)43)39(18)24-8-6-7-22(14-24)31(32,33)34)25-10-9-20(15-35)13-21(25)11-12-41(3,4)16-23-17-45-19(2)36-23;/h6-10,13-14,17,27H,11-12,16H2,1-5H3;1H. The quantitative estimate of drug-likeness (QED) is 0.224. The maximum absolute atomic E-state index is 13.6. The van der Waals surface area contributed by atoms with Gasteiger partial charge in [-0.05, 0) is 48.4 Å². The largest absolute Gasteiger partial charge is 1.00 e. The number of methoxy groups -OCH3 is 1. The molecular formula is C31H31ClF3N7O4. The zero-order valence-electron chi connectivity index (χ0n) is 25.6. The summed E-state index contributed by atoms with van der Waals surface area (Å²) in [5.74, 6) is -0.229. The first kappa shape index (κ1) is 34.0. The van der Waals surface area contributed by atoms with Crippen LogP contribution in [0.5, 0.6) is 0 Å². The van der Waals surface area contributed by atoms with Crippen LogP contribution in [0.1, 0.15) is 46.8 Å². The monoisotopic (exact) mass is 657 g/mol. The fourth-order valence-corrected chi connectivity index (χ4v) is 5.66. The number of carbonyl (C=O) groups is 1. The Morgan fingerprint density at radius 3 is 2.57 bits per heavy atom. The number of anilines is 2. The molecule has 242 valence electrons. The van der Waals surface area contributed by atoms with E-state index >= 15 is 0 Å². The van der Waals surface area contributed by atoms with Gasteiger partial charge in [0.25, 0.3) is 0 Å². The molecule has 1 aliphatic rings. The first-order chi connectivity index (χ1) is 21.2. The number of nitrogens with zero attached hydrogens (tertiary/aromatic N) is 6. The summed E-state index contributed by atoms with van der Waals surface area (Å²) >= 11 is 0. The van der Waals surface area contributed by atoms with Crippen LogP contribution in [0, 0.1) is 18.3 Å². The van der Waals surface area contributed by atoms with E-state index in [0.717, 1.165) is 17.8 Å². The van der Waals surface area contributed by atoms with Gasteiger partial charge < -0.3 is 26.0 Å². The highest BCUT2D eigenvalue weighted by atomic mass is 35.5. The van der Waals surface area contributed by atoms with E-state index in [4.69, 9.17) is 9.15 Å². The number of H-pyrrole nitrogens is 1. The molecule has 0 saturated carbocycles. The van der Waals surface area contributed by atoms with Gasteiger partial charge in [0.1, 0.15) is 24.5 Å². The number of nitriles is 1. The highest BCUT2D eigenvalue weighted by Crippen LogP contribution is 2.43. The minimum absolute atomic E-state index is 0. The van der Waals surface area contributed by atoms with Crippen molar-refractivity contribution in [2.45, 2.75) is 39.0 Å². The molecule has 0 aliphatic carbocycles. The number of nitrogens with one attached hydrogen (secondary N) is 1. The average Bonchev–Trinajstić information content (AvgIpc) is 3.58. The van der Waals surface area contributed by atoms with Crippen molar-refractivity contribution in [1.82, 2.24) is 19.7 Å². The molecule has 1 N–H and O–H groups in total. The van der Waals surface area contributed by atoms with Gasteiger partial charge in [0.15, 0.2) is 5.89 Å². The lowest BCUT2D eigenvalue weighted by Gasteiger charge is -2.36. The van der Waals surface area contributed by atoms with Crippen LogP contribution in [0.2, 0.25) is 0 Å². The molecule has 0 bridgehead atoms. The van der Waals surface area contributed by atoms with E-state index in [1.54, 1.807) is 38.3 Å². The number of rotatable bonds is 8. The number of ether oxygens (including phenoxy) is 1. The summed E-state index contributed by atoms with van der Waals surface area (Å²) in [7, 11) is 5.23. The Hall–Kier alpha value is -4.87. The number of benzene rings is 2. The van der Waals surface area contributed by atoms with Crippen molar-refractivity contribution < 1.29 is 44.0 Å². The third-order valence-electron chi connectivity index (χ3n) is 7.79. The number of aryl methyl sites for hydroxylation is 1. The second-order valence-corrected chi connectivity index (χ2v) is 11.4. The number of fused-ring (bicyclic) bond motifs is 1. The molecule has 11 nitrogen and oxygen atoms in total. The molecule has 1 aliphatic heterocycles. The summed E-state index contributed by atoms with van der Waals surface area (Å²) in [5, 5.41) is 16.3. The number of oxazole rings is 1. The molecule has 0 spiro atoms. The topological polar surface area (TPSA) is 130 Å². The summed E-state index contributed by atoms with van der Waals surface area (Å²) in [6.07, 6.45) is -2.57. The minimum atomic E-state index is -4.63. The van der Waals surface area contributed by atoms with Crippen LogP contribution in [-0.2, 0) is 28.7 Å². The molecule has 5 rings (SSSR count). The molecule has 0 fully saturated rings. The van der Waals surface area contributed by atoms with E-state index in [2.05, 4.69) is 21.3 Å². The van der Waals surface area contributed by atoms with Crippen LogP contribution in [0.3, 0.4) is 0 Å². The summed E-state index contributed by atoms with van der Waals surface area (Å²) < 4.78 is 53.2. The number of aromatic nitrogens is 4. The van der Waals surface area contributed by atoms with Gasteiger partial charge >= 0.3 is 17.8 Å². The average molecular weight is 658 g/mol. The van der Waals surface area contributed by atoms with E-state index in [1.165, 1.54) is 28.7 Å². The number of hydrogen-bond donors (Lipinski definition) is 1. The summed E-state index contributed by atoms with van der Waals surface area (Å²) in [5.41, 5.74) is 1.11. The molecule has 15 heteroatoms. The smallest absolute Gasteiger partial charge is 0.416 e. The predicted molar refractivity (Wildman–Crippen MR) is 156 cm³/mol. The van der Waals surface area contributed by atoms with E-state index in [9.17, 15) is 28.0 Å². The van der Waals surface area contributed by atoms with E-state index < -0.39 is 29.4 Å². The molecule has 1 unspecified atom stereocenters. The van der Waals surface area contributed by atoms with Crippen molar-refractivity contribution in [1.29, 1.82) is 5.26 Å². The molecule has 1 atom stereocenters. The first-order valence-electron chi connectivity index (χ1n) is 13.9. The van der Waals surface area contributed by atoms with Gasteiger partial charge in [0.05, 0.1) is 50.5 Å². The third kappa shape index (κ3) is 6.56. The van der Waals surface area contributed by atoms with E-state index in [-0.39, 0.29) is 35.3 Å². The molecule has 0 amide bonds. The Kier molecular flexibility index (Phi) is 9.51. The molecular weight excluding hydrogens is 627 g/mol.